The molecule has 0 bridgehead atoms. The summed E-state index contributed by atoms with van der Waals surface area (Å²) in [5.41, 5.74) is 6.77. The molecule has 90 valence electrons. The maximum atomic E-state index is 13.7. The molecule has 1 fully saturated rings. The first kappa shape index (κ1) is 11.9. The van der Waals surface area contributed by atoms with E-state index in [4.69, 9.17) is 11.0 Å². The fourth-order valence-electron chi connectivity index (χ4n) is 2.24. The van der Waals surface area contributed by atoms with Crippen molar-refractivity contribution < 1.29 is 4.39 Å². The molecule has 1 aromatic rings. The highest BCUT2D eigenvalue weighted by molar-refractivity contribution is 5.49. The van der Waals surface area contributed by atoms with Gasteiger partial charge in [-0.2, -0.15) is 5.26 Å². The van der Waals surface area contributed by atoms with Crippen molar-refractivity contribution in [1.82, 2.24) is 0 Å². The quantitative estimate of drug-likeness (QED) is 0.824. The lowest BCUT2D eigenvalue weighted by Crippen LogP contribution is -2.42. The molecule has 1 aromatic carbocycles. The highest BCUT2D eigenvalue weighted by Crippen LogP contribution is 2.23. The first-order valence-electron chi connectivity index (χ1n) is 5.92. The number of hydrogen-bond donors (Lipinski definition) is 2. The number of hydrogen-bond acceptors (Lipinski definition) is 3. The molecule has 4 heteroatoms. The Labute approximate surface area is 100 Å². The van der Waals surface area contributed by atoms with Crippen LogP contribution in [-0.4, -0.2) is 12.1 Å². The number of rotatable bonds is 2. The zero-order valence-electron chi connectivity index (χ0n) is 9.62. The number of nitriles is 1. The average Bonchev–Trinajstić information content (AvgIpc) is 2.34. The van der Waals surface area contributed by atoms with E-state index in [9.17, 15) is 4.39 Å². The summed E-state index contributed by atoms with van der Waals surface area (Å²) in [5.74, 6) is -0.387. The average molecular weight is 233 g/mol. The van der Waals surface area contributed by atoms with Gasteiger partial charge in [0.15, 0.2) is 0 Å². The summed E-state index contributed by atoms with van der Waals surface area (Å²) in [7, 11) is 0. The molecule has 0 aliphatic heterocycles. The Morgan fingerprint density at radius 1 is 1.35 bits per heavy atom. The lowest BCUT2D eigenvalue weighted by molar-refractivity contribution is 0.403. The van der Waals surface area contributed by atoms with E-state index >= 15 is 0 Å². The van der Waals surface area contributed by atoms with Gasteiger partial charge < -0.3 is 11.1 Å². The van der Waals surface area contributed by atoms with Crippen molar-refractivity contribution in [2.45, 2.75) is 37.8 Å². The lowest BCUT2D eigenvalue weighted by atomic mass is 9.91. The van der Waals surface area contributed by atoms with E-state index < -0.39 is 0 Å². The van der Waals surface area contributed by atoms with Gasteiger partial charge in [0.1, 0.15) is 5.82 Å². The largest absolute Gasteiger partial charge is 0.378 e. The third kappa shape index (κ3) is 2.75. The molecule has 0 aromatic heterocycles. The third-order valence-corrected chi connectivity index (χ3v) is 3.26. The van der Waals surface area contributed by atoms with Gasteiger partial charge in [0, 0.05) is 12.1 Å². The molecule has 2 atom stereocenters. The Kier molecular flexibility index (Phi) is 3.60. The van der Waals surface area contributed by atoms with Crippen LogP contribution >= 0.6 is 0 Å². The topological polar surface area (TPSA) is 61.8 Å². The Balaban J connectivity index is 2.10. The van der Waals surface area contributed by atoms with E-state index in [0.29, 0.717) is 11.3 Å². The number of benzene rings is 1. The zero-order valence-corrected chi connectivity index (χ0v) is 9.62. The summed E-state index contributed by atoms with van der Waals surface area (Å²) >= 11 is 0. The molecule has 1 saturated carbocycles. The maximum Gasteiger partial charge on any atom is 0.147 e. The molecule has 0 radical (unpaired) electrons. The lowest BCUT2D eigenvalue weighted by Gasteiger charge is -2.30. The zero-order chi connectivity index (χ0) is 12.3. The van der Waals surface area contributed by atoms with Crippen molar-refractivity contribution in [1.29, 1.82) is 5.26 Å². The van der Waals surface area contributed by atoms with Crippen LogP contribution in [0.2, 0.25) is 0 Å². The van der Waals surface area contributed by atoms with Gasteiger partial charge in [0.25, 0.3) is 0 Å². The maximum absolute atomic E-state index is 13.7. The van der Waals surface area contributed by atoms with Crippen LogP contribution in [0.4, 0.5) is 10.1 Å². The second kappa shape index (κ2) is 5.15. The summed E-state index contributed by atoms with van der Waals surface area (Å²) in [5, 5.41) is 11.8. The monoisotopic (exact) mass is 233 g/mol. The second-order valence-corrected chi connectivity index (χ2v) is 4.51. The normalized spacial score (nSPS) is 24.1. The van der Waals surface area contributed by atoms with E-state index in [0.717, 1.165) is 25.7 Å². The Morgan fingerprint density at radius 3 is 2.76 bits per heavy atom. The van der Waals surface area contributed by atoms with Crippen molar-refractivity contribution >= 4 is 5.69 Å². The van der Waals surface area contributed by atoms with Gasteiger partial charge in [-0.1, -0.05) is 12.8 Å². The third-order valence-electron chi connectivity index (χ3n) is 3.26. The molecule has 3 nitrogen and oxygen atoms in total. The molecule has 0 heterocycles. The summed E-state index contributed by atoms with van der Waals surface area (Å²) in [4.78, 5) is 0. The molecular weight excluding hydrogens is 217 g/mol. The van der Waals surface area contributed by atoms with Crippen molar-refractivity contribution in [3.8, 4) is 6.07 Å². The van der Waals surface area contributed by atoms with Crippen LogP contribution in [0.3, 0.4) is 0 Å². The van der Waals surface area contributed by atoms with Crippen LogP contribution in [0.5, 0.6) is 0 Å². The van der Waals surface area contributed by atoms with Crippen LogP contribution in [0.25, 0.3) is 0 Å². The fourth-order valence-corrected chi connectivity index (χ4v) is 2.24. The Hall–Kier alpha value is -1.60. The van der Waals surface area contributed by atoms with Crippen LogP contribution in [0.1, 0.15) is 31.2 Å². The highest BCUT2D eigenvalue weighted by Gasteiger charge is 2.22. The molecule has 1 aliphatic carbocycles. The summed E-state index contributed by atoms with van der Waals surface area (Å²) in [6, 6.07) is 6.59. The van der Waals surface area contributed by atoms with Crippen molar-refractivity contribution in [2.75, 3.05) is 5.32 Å². The minimum absolute atomic E-state index is 0.0822. The predicted molar refractivity (Wildman–Crippen MR) is 65.0 cm³/mol. The minimum Gasteiger partial charge on any atom is -0.378 e. The first-order chi connectivity index (χ1) is 8.20. The predicted octanol–water partition coefficient (Wildman–Crippen LogP) is 2.38. The van der Waals surface area contributed by atoms with Crippen LogP contribution in [0, 0.1) is 17.1 Å². The highest BCUT2D eigenvalue weighted by atomic mass is 19.1. The summed E-state index contributed by atoms with van der Waals surface area (Å²) < 4.78 is 13.7. The molecule has 0 unspecified atom stereocenters. The van der Waals surface area contributed by atoms with E-state index in [-0.39, 0.29) is 17.9 Å². The van der Waals surface area contributed by atoms with Gasteiger partial charge in [-0.3, -0.25) is 0 Å². The van der Waals surface area contributed by atoms with Crippen LogP contribution < -0.4 is 11.1 Å². The van der Waals surface area contributed by atoms with Gasteiger partial charge in [-0.25, -0.2) is 4.39 Å². The van der Waals surface area contributed by atoms with Gasteiger partial charge in [-0.05, 0) is 31.0 Å². The molecule has 0 amide bonds. The molecule has 17 heavy (non-hydrogen) atoms. The minimum atomic E-state index is -0.387. The van der Waals surface area contributed by atoms with Crippen LogP contribution in [0.15, 0.2) is 18.2 Å². The molecule has 1 aliphatic rings. The molecular formula is C13H16FN3. The summed E-state index contributed by atoms with van der Waals surface area (Å²) in [6.07, 6.45) is 4.23. The number of nitrogens with zero attached hydrogens (tertiary/aromatic N) is 1. The second-order valence-electron chi connectivity index (χ2n) is 4.51. The van der Waals surface area contributed by atoms with Crippen molar-refractivity contribution in [3.63, 3.8) is 0 Å². The number of anilines is 1. The fraction of sp³-hybridized carbons (Fsp3) is 0.462. The molecule has 2 rings (SSSR count). The molecule has 0 saturated heterocycles. The standard InChI is InChI=1S/C13H16FN3/c14-10-7-9(8-15)5-6-12(10)17-13-4-2-1-3-11(13)16/h5-7,11,13,17H,1-4,16H2/t11-,13-/m1/s1. The van der Waals surface area contributed by atoms with Gasteiger partial charge in [0.2, 0.25) is 0 Å². The van der Waals surface area contributed by atoms with Gasteiger partial charge >= 0.3 is 0 Å². The van der Waals surface area contributed by atoms with E-state index in [1.807, 2.05) is 6.07 Å². The Bertz CT molecular complexity index is 439. The first-order valence-corrected chi connectivity index (χ1v) is 5.92. The van der Waals surface area contributed by atoms with E-state index in [1.54, 1.807) is 12.1 Å². The molecule has 3 N–H and O–H groups in total. The van der Waals surface area contributed by atoms with E-state index in [1.165, 1.54) is 6.07 Å². The summed E-state index contributed by atoms with van der Waals surface area (Å²) in [6.45, 7) is 0. The van der Waals surface area contributed by atoms with Crippen LogP contribution in [-0.2, 0) is 0 Å². The number of nitrogens with one attached hydrogen (secondary N) is 1. The number of nitrogens with two attached hydrogens (primary N) is 1. The van der Waals surface area contributed by atoms with E-state index in [2.05, 4.69) is 5.32 Å². The molecule has 0 spiro atoms. The number of halogens is 1. The smallest absolute Gasteiger partial charge is 0.147 e. The van der Waals surface area contributed by atoms with Gasteiger partial charge in [0.05, 0.1) is 17.3 Å². The van der Waals surface area contributed by atoms with Crippen molar-refractivity contribution in [3.05, 3.63) is 29.6 Å². The SMILES string of the molecule is N#Cc1ccc(N[C@@H]2CCCC[C@H]2N)c(F)c1. The van der Waals surface area contributed by atoms with Crippen molar-refractivity contribution in [2.24, 2.45) is 5.73 Å². The van der Waals surface area contributed by atoms with Gasteiger partial charge in [-0.15, -0.1) is 0 Å². The Morgan fingerprint density at radius 2 is 2.12 bits per heavy atom.